The zero-order valence-corrected chi connectivity index (χ0v) is 10.2. The lowest BCUT2D eigenvalue weighted by Crippen LogP contribution is -2.30. The summed E-state index contributed by atoms with van der Waals surface area (Å²) in [5.74, 6) is 0. The lowest BCUT2D eigenvalue weighted by molar-refractivity contribution is 0.592. The highest BCUT2D eigenvalue weighted by Gasteiger charge is 2.13. The van der Waals surface area contributed by atoms with E-state index >= 15 is 0 Å². The average Bonchev–Trinajstić information content (AvgIpc) is 2.31. The first kappa shape index (κ1) is 12.4. The Morgan fingerprint density at radius 1 is 1.38 bits per heavy atom. The molecule has 3 nitrogen and oxygen atoms in total. The zero-order valence-electron chi connectivity index (χ0n) is 10.2. The van der Waals surface area contributed by atoms with E-state index in [-0.39, 0.29) is 0 Å². The highest BCUT2D eigenvalue weighted by atomic mass is 15.1. The minimum atomic E-state index is 0.469. The molecule has 0 radical (unpaired) electrons. The van der Waals surface area contributed by atoms with E-state index in [0.29, 0.717) is 11.6 Å². The number of hydrogen-bond donors (Lipinski definition) is 1. The van der Waals surface area contributed by atoms with Gasteiger partial charge in [-0.15, -0.1) is 0 Å². The highest BCUT2D eigenvalue weighted by Crippen LogP contribution is 2.26. The number of hydrogen-bond acceptors (Lipinski definition) is 3. The first-order chi connectivity index (χ1) is 7.63. The van der Waals surface area contributed by atoms with Crippen LogP contribution in [-0.4, -0.2) is 13.1 Å². The summed E-state index contributed by atoms with van der Waals surface area (Å²) >= 11 is 0. The molecule has 0 spiro atoms. The van der Waals surface area contributed by atoms with E-state index in [1.54, 1.807) is 12.1 Å². The first-order valence-corrected chi connectivity index (χ1v) is 5.66. The van der Waals surface area contributed by atoms with Crippen LogP contribution in [0.25, 0.3) is 0 Å². The Morgan fingerprint density at radius 3 is 2.50 bits per heavy atom. The van der Waals surface area contributed by atoms with Gasteiger partial charge in [-0.05, 0) is 31.0 Å². The topological polar surface area (TPSA) is 53.0 Å². The molecule has 0 aliphatic heterocycles. The smallest absolute Gasteiger partial charge is 0.0992 e. The average molecular weight is 217 g/mol. The standard InChI is InChI=1S/C13H19N3/c1-4-11(5-2)16(3)13-8-10(9-14)6-7-12(13)15/h6-8,11H,4-5,15H2,1-3H3. The largest absolute Gasteiger partial charge is 0.397 e. The van der Waals surface area contributed by atoms with Crippen molar-refractivity contribution in [3.8, 4) is 6.07 Å². The molecule has 0 saturated heterocycles. The summed E-state index contributed by atoms with van der Waals surface area (Å²) < 4.78 is 0. The third-order valence-electron chi connectivity index (χ3n) is 3.03. The van der Waals surface area contributed by atoms with E-state index in [1.807, 2.05) is 13.1 Å². The molecule has 0 bridgehead atoms. The molecule has 2 N–H and O–H groups in total. The van der Waals surface area contributed by atoms with Crippen molar-refractivity contribution in [2.75, 3.05) is 17.7 Å². The van der Waals surface area contributed by atoms with Crippen LogP contribution in [0.15, 0.2) is 18.2 Å². The van der Waals surface area contributed by atoms with Gasteiger partial charge in [0.25, 0.3) is 0 Å². The maximum absolute atomic E-state index is 8.88. The van der Waals surface area contributed by atoms with E-state index in [2.05, 4.69) is 24.8 Å². The van der Waals surface area contributed by atoms with Gasteiger partial charge in [-0.2, -0.15) is 5.26 Å². The predicted octanol–water partition coefficient (Wildman–Crippen LogP) is 2.77. The Hall–Kier alpha value is -1.69. The minimum absolute atomic E-state index is 0.469. The van der Waals surface area contributed by atoms with Crippen LogP contribution in [0, 0.1) is 11.3 Å². The molecule has 1 aromatic rings. The number of benzene rings is 1. The van der Waals surface area contributed by atoms with E-state index in [4.69, 9.17) is 11.0 Å². The Labute approximate surface area is 97.5 Å². The van der Waals surface area contributed by atoms with Crippen molar-refractivity contribution in [2.24, 2.45) is 0 Å². The van der Waals surface area contributed by atoms with Gasteiger partial charge in [-0.1, -0.05) is 13.8 Å². The number of nitrogen functional groups attached to an aromatic ring is 1. The fourth-order valence-electron chi connectivity index (χ4n) is 1.95. The van der Waals surface area contributed by atoms with Crippen LogP contribution in [0.3, 0.4) is 0 Å². The highest BCUT2D eigenvalue weighted by molar-refractivity contribution is 5.69. The van der Waals surface area contributed by atoms with Crippen molar-refractivity contribution in [3.05, 3.63) is 23.8 Å². The van der Waals surface area contributed by atoms with Crippen molar-refractivity contribution in [3.63, 3.8) is 0 Å². The van der Waals surface area contributed by atoms with Crippen LogP contribution < -0.4 is 10.6 Å². The van der Waals surface area contributed by atoms with Crippen LogP contribution in [0.1, 0.15) is 32.3 Å². The van der Waals surface area contributed by atoms with Crippen LogP contribution in [0.4, 0.5) is 11.4 Å². The Kier molecular flexibility index (Phi) is 4.19. The van der Waals surface area contributed by atoms with Gasteiger partial charge in [0.2, 0.25) is 0 Å². The van der Waals surface area contributed by atoms with Gasteiger partial charge in [0, 0.05) is 13.1 Å². The van der Waals surface area contributed by atoms with Crippen LogP contribution in [-0.2, 0) is 0 Å². The Morgan fingerprint density at radius 2 is 2.00 bits per heavy atom. The molecule has 0 aliphatic rings. The van der Waals surface area contributed by atoms with Gasteiger partial charge >= 0.3 is 0 Å². The molecule has 86 valence electrons. The van der Waals surface area contributed by atoms with Gasteiger partial charge in [-0.25, -0.2) is 0 Å². The zero-order chi connectivity index (χ0) is 12.1. The number of anilines is 2. The molecule has 0 unspecified atom stereocenters. The third-order valence-corrected chi connectivity index (χ3v) is 3.03. The number of nitrogens with two attached hydrogens (primary N) is 1. The van der Waals surface area contributed by atoms with E-state index < -0.39 is 0 Å². The second kappa shape index (κ2) is 5.41. The minimum Gasteiger partial charge on any atom is -0.397 e. The predicted molar refractivity (Wildman–Crippen MR) is 68.3 cm³/mol. The molecule has 0 atom stereocenters. The molecule has 16 heavy (non-hydrogen) atoms. The fourth-order valence-corrected chi connectivity index (χ4v) is 1.95. The number of rotatable bonds is 4. The summed E-state index contributed by atoms with van der Waals surface area (Å²) in [6, 6.07) is 8.01. The quantitative estimate of drug-likeness (QED) is 0.789. The van der Waals surface area contributed by atoms with Gasteiger partial charge in [0.15, 0.2) is 0 Å². The van der Waals surface area contributed by atoms with Crippen molar-refractivity contribution in [1.29, 1.82) is 5.26 Å². The van der Waals surface area contributed by atoms with Gasteiger partial charge in [-0.3, -0.25) is 0 Å². The van der Waals surface area contributed by atoms with Crippen LogP contribution >= 0.6 is 0 Å². The number of nitriles is 1. The molecule has 0 amide bonds. The van der Waals surface area contributed by atoms with Crippen molar-refractivity contribution in [2.45, 2.75) is 32.7 Å². The fraction of sp³-hybridized carbons (Fsp3) is 0.462. The molecule has 0 aromatic heterocycles. The summed E-state index contributed by atoms with van der Waals surface area (Å²) in [5, 5.41) is 8.88. The molecule has 3 heteroatoms. The van der Waals surface area contributed by atoms with Gasteiger partial charge in [0.1, 0.15) is 0 Å². The summed E-state index contributed by atoms with van der Waals surface area (Å²) in [5.41, 5.74) is 8.28. The van der Waals surface area contributed by atoms with E-state index in [0.717, 1.165) is 24.2 Å². The summed E-state index contributed by atoms with van der Waals surface area (Å²) in [6.45, 7) is 4.32. The first-order valence-electron chi connectivity index (χ1n) is 5.66. The lowest BCUT2D eigenvalue weighted by atomic mass is 10.1. The van der Waals surface area contributed by atoms with E-state index in [1.165, 1.54) is 0 Å². The van der Waals surface area contributed by atoms with Crippen molar-refractivity contribution in [1.82, 2.24) is 0 Å². The maximum Gasteiger partial charge on any atom is 0.0992 e. The maximum atomic E-state index is 8.88. The monoisotopic (exact) mass is 217 g/mol. The second-order valence-corrected chi connectivity index (χ2v) is 3.97. The molecule has 1 rings (SSSR count). The summed E-state index contributed by atoms with van der Waals surface area (Å²) in [4.78, 5) is 2.16. The molecule has 0 saturated carbocycles. The normalized spacial score (nSPS) is 10.2. The third kappa shape index (κ3) is 2.46. The van der Waals surface area contributed by atoms with E-state index in [9.17, 15) is 0 Å². The molecule has 0 aliphatic carbocycles. The van der Waals surface area contributed by atoms with Crippen LogP contribution in [0.2, 0.25) is 0 Å². The second-order valence-electron chi connectivity index (χ2n) is 3.97. The summed E-state index contributed by atoms with van der Waals surface area (Å²) in [7, 11) is 2.03. The number of nitrogens with zero attached hydrogens (tertiary/aromatic N) is 2. The van der Waals surface area contributed by atoms with Crippen LogP contribution in [0.5, 0.6) is 0 Å². The van der Waals surface area contributed by atoms with Crippen molar-refractivity contribution < 1.29 is 0 Å². The SMILES string of the molecule is CCC(CC)N(C)c1cc(C#N)ccc1N. The molecule has 1 aromatic carbocycles. The summed E-state index contributed by atoms with van der Waals surface area (Å²) in [6.07, 6.45) is 2.15. The molecular weight excluding hydrogens is 198 g/mol. The van der Waals surface area contributed by atoms with Gasteiger partial charge in [0.05, 0.1) is 23.0 Å². The Balaban J connectivity index is 3.07. The van der Waals surface area contributed by atoms with Crippen molar-refractivity contribution >= 4 is 11.4 Å². The van der Waals surface area contributed by atoms with Gasteiger partial charge < -0.3 is 10.6 Å². The molecule has 0 heterocycles. The molecular formula is C13H19N3. The molecule has 0 fully saturated rings. The Bertz CT molecular complexity index is 389. The lowest BCUT2D eigenvalue weighted by Gasteiger charge is -2.29.